The predicted octanol–water partition coefficient (Wildman–Crippen LogP) is 0.562. The van der Waals surface area contributed by atoms with Gasteiger partial charge in [0.15, 0.2) is 5.69 Å². The van der Waals surface area contributed by atoms with Crippen LogP contribution in [0.2, 0.25) is 0 Å². The maximum Gasteiger partial charge on any atom is 0.328 e. The Hall–Kier alpha value is -1.45. The van der Waals surface area contributed by atoms with Gasteiger partial charge in [0.05, 0.1) is 4.47 Å². The van der Waals surface area contributed by atoms with E-state index in [1.807, 2.05) is 31.3 Å². The van der Waals surface area contributed by atoms with Crippen LogP contribution in [-0.2, 0) is 0 Å². The fraction of sp³-hybridized carbons (Fsp3) is 0.0667. The fourth-order valence-electron chi connectivity index (χ4n) is 2.06. The van der Waals surface area contributed by atoms with Crippen LogP contribution in [-0.4, -0.2) is 4.98 Å². The number of aryl methyl sites for hydroxylation is 1. The molecule has 0 amide bonds. The summed E-state index contributed by atoms with van der Waals surface area (Å²) in [4.78, 5) is 4.55. The maximum absolute atomic E-state index is 4.55. The largest absolute Gasteiger partial charge is 1.00 e. The number of fused-ring (bicyclic) bond motifs is 1. The van der Waals surface area contributed by atoms with Gasteiger partial charge in [-0.1, -0.05) is 30.3 Å². The minimum Gasteiger partial charge on any atom is -1.00 e. The number of nitrogens with zero attached hydrogens (tertiary/aromatic N) is 2. The molecule has 3 aromatic rings. The van der Waals surface area contributed by atoms with Crippen molar-refractivity contribution in [1.82, 2.24) is 4.98 Å². The third kappa shape index (κ3) is 2.77. The highest BCUT2D eigenvalue weighted by Crippen LogP contribution is 2.17. The zero-order valence-electron chi connectivity index (χ0n) is 10.3. The Kier molecular flexibility index (Phi) is 4.17. The van der Waals surface area contributed by atoms with Crippen molar-refractivity contribution in [3.63, 3.8) is 0 Å². The minimum atomic E-state index is 0. The number of rotatable bonds is 1. The molecular weight excluding hydrogens is 324 g/mol. The molecule has 0 aliphatic rings. The Bertz CT molecular complexity index is 714. The summed E-state index contributed by atoms with van der Waals surface area (Å²) >= 11 is 3.51. The number of benzene rings is 1. The second-order valence-electron chi connectivity index (χ2n) is 4.22. The summed E-state index contributed by atoms with van der Waals surface area (Å²) in [6, 6.07) is 16.5. The lowest BCUT2D eigenvalue weighted by Crippen LogP contribution is -3.00. The molecule has 0 saturated carbocycles. The van der Waals surface area contributed by atoms with Crippen LogP contribution in [0.4, 0.5) is 0 Å². The van der Waals surface area contributed by atoms with Crippen molar-refractivity contribution >= 4 is 21.6 Å². The molecule has 0 bridgehead atoms. The van der Waals surface area contributed by atoms with Gasteiger partial charge in [-0.3, -0.25) is 0 Å². The van der Waals surface area contributed by atoms with Gasteiger partial charge in [-0.2, -0.15) is 4.40 Å². The van der Waals surface area contributed by atoms with Crippen LogP contribution in [0.25, 0.3) is 16.9 Å². The molecule has 3 rings (SSSR count). The van der Waals surface area contributed by atoms with Crippen LogP contribution in [0.5, 0.6) is 0 Å². The second-order valence-corrected chi connectivity index (χ2v) is 5.14. The van der Waals surface area contributed by atoms with E-state index < -0.39 is 0 Å². The summed E-state index contributed by atoms with van der Waals surface area (Å²) < 4.78 is 3.15. The second kappa shape index (κ2) is 5.68. The van der Waals surface area contributed by atoms with E-state index in [0.717, 1.165) is 21.5 Å². The monoisotopic (exact) mass is 334 g/mol. The van der Waals surface area contributed by atoms with Crippen molar-refractivity contribution in [3.8, 4) is 11.3 Å². The first-order chi connectivity index (χ1) is 8.74. The lowest BCUT2D eigenvalue weighted by molar-refractivity contribution is -0.503. The number of pyridine rings is 1. The molecule has 0 radical (unpaired) electrons. The van der Waals surface area contributed by atoms with E-state index in [9.17, 15) is 0 Å². The highest BCUT2D eigenvalue weighted by molar-refractivity contribution is 9.10. The topological polar surface area (TPSA) is 17.0 Å². The molecular formula is C15H12BrClN2. The Morgan fingerprint density at radius 1 is 1.05 bits per heavy atom. The van der Waals surface area contributed by atoms with Gasteiger partial charge in [0.2, 0.25) is 0 Å². The molecule has 2 heterocycles. The van der Waals surface area contributed by atoms with Crippen LogP contribution in [0, 0.1) is 6.92 Å². The van der Waals surface area contributed by atoms with Crippen LogP contribution in [0.15, 0.2) is 59.2 Å². The van der Waals surface area contributed by atoms with Gasteiger partial charge < -0.3 is 12.4 Å². The molecule has 0 aliphatic heterocycles. The SMILES string of the molecule is Cc1cc(-c2ccccc2)[n+]2cc(Br)ccc2n1.[Cl-]. The summed E-state index contributed by atoms with van der Waals surface area (Å²) in [5.74, 6) is 0. The number of hydrogen-bond donors (Lipinski definition) is 0. The first-order valence-corrected chi connectivity index (χ1v) is 6.57. The van der Waals surface area contributed by atoms with E-state index in [2.05, 4.69) is 55.6 Å². The molecule has 0 unspecified atom stereocenters. The molecule has 0 saturated heterocycles. The van der Waals surface area contributed by atoms with Crippen LogP contribution in [0.1, 0.15) is 5.69 Å². The Balaban J connectivity index is 0.00000133. The van der Waals surface area contributed by atoms with E-state index in [-0.39, 0.29) is 12.4 Å². The molecule has 2 aromatic heterocycles. The smallest absolute Gasteiger partial charge is 0.328 e. The predicted molar refractivity (Wildman–Crippen MR) is 75.3 cm³/mol. The fourth-order valence-corrected chi connectivity index (χ4v) is 2.40. The maximum atomic E-state index is 4.55. The van der Waals surface area contributed by atoms with E-state index in [1.165, 1.54) is 5.56 Å². The molecule has 2 nitrogen and oxygen atoms in total. The third-order valence-corrected chi connectivity index (χ3v) is 3.33. The van der Waals surface area contributed by atoms with Gasteiger partial charge in [0, 0.05) is 24.6 Å². The van der Waals surface area contributed by atoms with Crippen LogP contribution in [0.3, 0.4) is 0 Å². The molecule has 4 heteroatoms. The van der Waals surface area contributed by atoms with Crippen LogP contribution >= 0.6 is 15.9 Å². The normalized spacial score (nSPS) is 10.2. The average Bonchev–Trinajstić information content (AvgIpc) is 2.39. The highest BCUT2D eigenvalue weighted by atomic mass is 79.9. The number of hydrogen-bond acceptors (Lipinski definition) is 1. The van der Waals surface area contributed by atoms with Crippen molar-refractivity contribution in [2.75, 3.05) is 0 Å². The molecule has 0 fully saturated rings. The van der Waals surface area contributed by atoms with Crippen LogP contribution < -0.4 is 16.8 Å². The summed E-state index contributed by atoms with van der Waals surface area (Å²) in [7, 11) is 0. The van der Waals surface area contributed by atoms with Crippen molar-refractivity contribution < 1.29 is 16.8 Å². The Morgan fingerprint density at radius 2 is 1.79 bits per heavy atom. The van der Waals surface area contributed by atoms with E-state index in [0.29, 0.717) is 0 Å². The lowest BCUT2D eigenvalue weighted by Gasteiger charge is -2.03. The van der Waals surface area contributed by atoms with Gasteiger partial charge in [-0.25, -0.2) is 0 Å². The van der Waals surface area contributed by atoms with Crippen molar-refractivity contribution in [2.24, 2.45) is 0 Å². The molecule has 0 atom stereocenters. The quantitative estimate of drug-likeness (QED) is 0.594. The van der Waals surface area contributed by atoms with Crippen molar-refractivity contribution in [2.45, 2.75) is 6.92 Å². The van der Waals surface area contributed by atoms with Gasteiger partial charge in [0.1, 0.15) is 11.9 Å². The molecule has 0 N–H and O–H groups in total. The summed E-state index contributed by atoms with van der Waals surface area (Å²) in [5.41, 5.74) is 4.32. The Labute approximate surface area is 126 Å². The zero-order chi connectivity index (χ0) is 12.5. The van der Waals surface area contributed by atoms with E-state index >= 15 is 0 Å². The van der Waals surface area contributed by atoms with E-state index in [4.69, 9.17) is 0 Å². The third-order valence-electron chi connectivity index (χ3n) is 2.86. The number of halogens is 2. The molecule has 0 aliphatic carbocycles. The molecule has 0 spiro atoms. The van der Waals surface area contributed by atoms with E-state index in [1.54, 1.807) is 0 Å². The Morgan fingerprint density at radius 3 is 2.53 bits per heavy atom. The van der Waals surface area contributed by atoms with Gasteiger partial charge in [0.25, 0.3) is 0 Å². The van der Waals surface area contributed by atoms with Gasteiger partial charge in [-0.05, 0) is 27.0 Å². The van der Waals surface area contributed by atoms with Crippen molar-refractivity contribution in [3.05, 3.63) is 64.9 Å². The zero-order valence-corrected chi connectivity index (χ0v) is 12.7. The average molecular weight is 336 g/mol. The molecule has 1 aromatic carbocycles. The summed E-state index contributed by atoms with van der Waals surface area (Å²) in [5, 5.41) is 0. The number of aromatic nitrogens is 2. The van der Waals surface area contributed by atoms with Crippen molar-refractivity contribution in [1.29, 1.82) is 0 Å². The molecule has 19 heavy (non-hydrogen) atoms. The molecule has 96 valence electrons. The first kappa shape index (κ1) is 14.0. The van der Waals surface area contributed by atoms with Gasteiger partial charge >= 0.3 is 5.65 Å². The summed E-state index contributed by atoms with van der Waals surface area (Å²) in [6.45, 7) is 2.02. The first-order valence-electron chi connectivity index (χ1n) is 5.78. The van der Waals surface area contributed by atoms with Gasteiger partial charge in [-0.15, -0.1) is 0 Å². The summed E-state index contributed by atoms with van der Waals surface area (Å²) in [6.07, 6.45) is 2.05. The minimum absolute atomic E-state index is 0. The highest BCUT2D eigenvalue weighted by Gasteiger charge is 2.13. The standard InChI is InChI=1S/C15H12BrN2.ClH/c1-11-9-14(12-5-3-2-4-6-12)18-10-13(16)7-8-15(18)17-11;/h2-10H,1H3;1H/q+1;/p-1. The lowest BCUT2D eigenvalue weighted by atomic mass is 10.1.